The van der Waals surface area contributed by atoms with Crippen LogP contribution in [0.5, 0.6) is 0 Å². The molecule has 6 heteroatoms. The fourth-order valence-corrected chi connectivity index (χ4v) is 2.94. The van der Waals surface area contributed by atoms with Gasteiger partial charge in [0, 0.05) is 19.6 Å². The minimum Gasteiger partial charge on any atom is -0.447 e. The Morgan fingerprint density at radius 1 is 1.40 bits per heavy atom. The zero-order valence-electron chi connectivity index (χ0n) is 12.4. The summed E-state index contributed by atoms with van der Waals surface area (Å²) in [7, 11) is -1.90. The highest BCUT2D eigenvalue weighted by Crippen LogP contribution is 2.21. The van der Waals surface area contributed by atoms with Gasteiger partial charge in [0.05, 0.1) is 6.54 Å². The molecule has 1 fully saturated rings. The molecule has 20 heavy (non-hydrogen) atoms. The third-order valence-corrected chi connectivity index (χ3v) is 5.20. The first-order valence-corrected chi connectivity index (χ1v) is 8.62. The molecule has 1 heterocycles. The number of hydrogen-bond acceptors (Lipinski definition) is 4. The van der Waals surface area contributed by atoms with E-state index in [9.17, 15) is 8.42 Å². The summed E-state index contributed by atoms with van der Waals surface area (Å²) < 4.78 is 31.5. The van der Waals surface area contributed by atoms with E-state index in [2.05, 4.69) is 19.2 Å². The van der Waals surface area contributed by atoms with E-state index in [1.165, 1.54) is 17.1 Å². The number of rotatable bonds is 8. The van der Waals surface area contributed by atoms with Crippen LogP contribution in [0.1, 0.15) is 38.9 Å². The van der Waals surface area contributed by atoms with Crippen molar-refractivity contribution < 1.29 is 12.8 Å². The fraction of sp³-hybridized carbons (Fsp3) is 0.714. The average Bonchev–Trinajstić information content (AvgIpc) is 3.09. The highest BCUT2D eigenvalue weighted by molar-refractivity contribution is 7.89. The summed E-state index contributed by atoms with van der Waals surface area (Å²) in [5.74, 6) is 1.15. The van der Waals surface area contributed by atoms with Gasteiger partial charge in [-0.15, -0.1) is 0 Å². The van der Waals surface area contributed by atoms with Crippen molar-refractivity contribution in [1.82, 2.24) is 9.62 Å². The third kappa shape index (κ3) is 4.07. The second-order valence-electron chi connectivity index (χ2n) is 5.89. The number of nitrogens with one attached hydrogen (secondary N) is 1. The predicted octanol–water partition coefficient (Wildman–Crippen LogP) is 2.20. The largest absolute Gasteiger partial charge is 0.447 e. The lowest BCUT2D eigenvalue weighted by molar-refractivity contribution is 0.372. The maximum absolute atomic E-state index is 12.3. The SMILES string of the molecule is CC(C)CCN(C)S(=O)(=O)c1ccc(CNC2CC2)o1. The lowest BCUT2D eigenvalue weighted by Crippen LogP contribution is -2.28. The smallest absolute Gasteiger partial charge is 0.276 e. The van der Waals surface area contributed by atoms with Crippen molar-refractivity contribution in [2.75, 3.05) is 13.6 Å². The van der Waals surface area contributed by atoms with Crippen molar-refractivity contribution in [1.29, 1.82) is 0 Å². The van der Waals surface area contributed by atoms with Crippen molar-refractivity contribution in [2.45, 2.75) is 50.8 Å². The fourth-order valence-electron chi connectivity index (χ4n) is 1.84. The monoisotopic (exact) mass is 300 g/mol. The Bertz CT molecular complexity index is 532. The van der Waals surface area contributed by atoms with Crippen LogP contribution in [0.2, 0.25) is 0 Å². The van der Waals surface area contributed by atoms with Crippen molar-refractivity contribution in [3.8, 4) is 0 Å². The van der Waals surface area contributed by atoms with E-state index >= 15 is 0 Å². The molecule has 0 radical (unpaired) electrons. The van der Waals surface area contributed by atoms with Gasteiger partial charge in [0.2, 0.25) is 5.09 Å². The van der Waals surface area contributed by atoms with Crippen LogP contribution >= 0.6 is 0 Å². The lowest BCUT2D eigenvalue weighted by Gasteiger charge is -2.16. The van der Waals surface area contributed by atoms with Crippen LogP contribution in [0.3, 0.4) is 0 Å². The Kier molecular flexibility index (Phi) is 4.88. The molecule has 0 atom stereocenters. The quantitative estimate of drug-likeness (QED) is 0.799. The van der Waals surface area contributed by atoms with Gasteiger partial charge in [-0.3, -0.25) is 0 Å². The van der Waals surface area contributed by atoms with Gasteiger partial charge in [-0.1, -0.05) is 13.8 Å². The molecule has 0 saturated heterocycles. The van der Waals surface area contributed by atoms with Crippen molar-refractivity contribution in [2.24, 2.45) is 5.92 Å². The molecule has 0 bridgehead atoms. The highest BCUT2D eigenvalue weighted by atomic mass is 32.2. The maximum Gasteiger partial charge on any atom is 0.276 e. The summed E-state index contributed by atoms with van der Waals surface area (Å²) in [5, 5.41) is 3.34. The molecule has 5 nitrogen and oxygen atoms in total. The van der Waals surface area contributed by atoms with E-state index in [-0.39, 0.29) is 5.09 Å². The Labute approximate surface area is 121 Å². The topological polar surface area (TPSA) is 62.6 Å². The molecule has 114 valence electrons. The zero-order chi connectivity index (χ0) is 14.8. The number of sulfonamides is 1. The molecule has 0 amide bonds. The Morgan fingerprint density at radius 3 is 2.70 bits per heavy atom. The van der Waals surface area contributed by atoms with E-state index in [4.69, 9.17) is 4.42 Å². The average molecular weight is 300 g/mol. The molecule has 1 aliphatic carbocycles. The molecule has 0 aromatic carbocycles. The van der Waals surface area contributed by atoms with Gasteiger partial charge in [0.15, 0.2) is 0 Å². The molecule has 1 N–H and O–H groups in total. The zero-order valence-corrected chi connectivity index (χ0v) is 13.2. The van der Waals surface area contributed by atoms with Crippen LogP contribution < -0.4 is 5.32 Å². The van der Waals surface area contributed by atoms with Crippen LogP contribution in [-0.4, -0.2) is 32.4 Å². The molecule has 0 spiro atoms. The molecular formula is C14H24N2O3S. The van der Waals surface area contributed by atoms with Crippen LogP contribution in [0, 0.1) is 5.92 Å². The number of nitrogens with zero attached hydrogens (tertiary/aromatic N) is 1. The normalized spacial score (nSPS) is 16.2. The first kappa shape index (κ1) is 15.5. The number of hydrogen-bond donors (Lipinski definition) is 1. The second kappa shape index (κ2) is 6.28. The van der Waals surface area contributed by atoms with Gasteiger partial charge < -0.3 is 9.73 Å². The first-order valence-electron chi connectivity index (χ1n) is 7.18. The molecule has 2 rings (SSSR count). The highest BCUT2D eigenvalue weighted by Gasteiger charge is 2.25. The van der Waals surface area contributed by atoms with E-state index < -0.39 is 10.0 Å². The van der Waals surface area contributed by atoms with E-state index in [1.807, 2.05) is 0 Å². The van der Waals surface area contributed by atoms with Gasteiger partial charge in [0.1, 0.15) is 5.76 Å². The second-order valence-corrected chi connectivity index (χ2v) is 7.86. The minimum absolute atomic E-state index is 0.0383. The van der Waals surface area contributed by atoms with Crippen LogP contribution in [0.15, 0.2) is 21.6 Å². The maximum atomic E-state index is 12.3. The van der Waals surface area contributed by atoms with Crippen molar-refractivity contribution >= 4 is 10.0 Å². The Balaban J connectivity index is 1.96. The molecular weight excluding hydrogens is 276 g/mol. The van der Waals surface area contributed by atoms with E-state index in [0.717, 1.165) is 6.42 Å². The summed E-state index contributed by atoms with van der Waals surface area (Å²) >= 11 is 0. The standard InChI is InChI=1S/C14H24N2O3S/c1-11(2)8-9-16(3)20(17,18)14-7-6-13(19-14)10-15-12-4-5-12/h6-7,11-12,15H,4-5,8-10H2,1-3H3. The molecule has 1 saturated carbocycles. The van der Waals surface area contributed by atoms with Crippen molar-refractivity contribution in [3.05, 3.63) is 17.9 Å². The van der Waals surface area contributed by atoms with Gasteiger partial charge in [0.25, 0.3) is 10.0 Å². The van der Waals surface area contributed by atoms with Gasteiger partial charge in [-0.05, 0) is 37.3 Å². The van der Waals surface area contributed by atoms with Gasteiger partial charge in [-0.2, -0.15) is 4.31 Å². The first-order chi connectivity index (χ1) is 9.39. The van der Waals surface area contributed by atoms with Crippen molar-refractivity contribution in [3.63, 3.8) is 0 Å². The van der Waals surface area contributed by atoms with Gasteiger partial charge in [-0.25, -0.2) is 8.42 Å². The summed E-state index contributed by atoms with van der Waals surface area (Å²) in [6.45, 7) is 5.26. The summed E-state index contributed by atoms with van der Waals surface area (Å²) in [6, 6.07) is 3.86. The minimum atomic E-state index is -3.50. The van der Waals surface area contributed by atoms with Gasteiger partial charge >= 0.3 is 0 Å². The summed E-state index contributed by atoms with van der Waals surface area (Å²) in [6.07, 6.45) is 3.24. The lowest BCUT2D eigenvalue weighted by atomic mass is 10.1. The third-order valence-electron chi connectivity index (χ3n) is 3.47. The molecule has 0 aliphatic heterocycles. The summed E-state index contributed by atoms with van der Waals surface area (Å²) in [5.41, 5.74) is 0. The van der Waals surface area contributed by atoms with E-state index in [0.29, 0.717) is 30.8 Å². The Hall–Kier alpha value is -0.850. The predicted molar refractivity (Wildman–Crippen MR) is 77.8 cm³/mol. The van der Waals surface area contributed by atoms with E-state index in [1.54, 1.807) is 19.2 Å². The molecule has 1 aromatic heterocycles. The molecule has 1 aliphatic rings. The summed E-state index contributed by atoms with van der Waals surface area (Å²) in [4.78, 5) is 0. The van der Waals surface area contributed by atoms with Crippen LogP contribution in [-0.2, 0) is 16.6 Å². The van der Waals surface area contributed by atoms with Crippen LogP contribution in [0.4, 0.5) is 0 Å². The molecule has 1 aromatic rings. The van der Waals surface area contributed by atoms with Crippen LogP contribution in [0.25, 0.3) is 0 Å². The molecule has 0 unspecified atom stereocenters. The number of furan rings is 1. The Morgan fingerprint density at radius 2 is 2.10 bits per heavy atom.